The van der Waals surface area contributed by atoms with Crippen LogP contribution in [0, 0.1) is 13.8 Å². The van der Waals surface area contributed by atoms with Gasteiger partial charge in [0.1, 0.15) is 5.69 Å². The zero-order valence-corrected chi connectivity index (χ0v) is 15.4. The minimum absolute atomic E-state index is 0.0757. The Morgan fingerprint density at radius 2 is 1.88 bits per heavy atom. The average molecular weight is 351 g/mol. The van der Waals surface area contributed by atoms with Crippen LogP contribution in [-0.2, 0) is 6.54 Å². The molecule has 0 aliphatic rings. The second-order valence-corrected chi connectivity index (χ2v) is 6.97. The van der Waals surface area contributed by atoms with E-state index in [2.05, 4.69) is 36.3 Å². The Labute approximate surface area is 152 Å². The molecule has 1 N–H and O–H groups in total. The van der Waals surface area contributed by atoms with Crippen molar-refractivity contribution in [1.29, 1.82) is 0 Å². The first kappa shape index (κ1) is 17.2. The predicted octanol–water partition coefficient (Wildman–Crippen LogP) is 4.78. The molecule has 0 atom stereocenters. The molecular formula is C20H21N3OS. The number of hydrogen-bond acceptors (Lipinski definition) is 4. The van der Waals surface area contributed by atoms with Crippen molar-refractivity contribution in [2.75, 3.05) is 12.4 Å². The van der Waals surface area contributed by atoms with Crippen molar-refractivity contribution in [3.05, 3.63) is 76.3 Å². The topological polar surface area (TPSA) is 45.2 Å². The molecule has 0 unspecified atom stereocenters. The third-order valence-corrected chi connectivity index (χ3v) is 4.85. The Hall–Kier alpha value is -2.66. The van der Waals surface area contributed by atoms with Gasteiger partial charge in [-0.2, -0.15) is 0 Å². The Morgan fingerprint density at radius 3 is 2.60 bits per heavy atom. The van der Waals surface area contributed by atoms with E-state index < -0.39 is 0 Å². The average Bonchev–Trinajstić information content (AvgIpc) is 3.07. The molecule has 128 valence electrons. The van der Waals surface area contributed by atoms with Crippen molar-refractivity contribution in [3.8, 4) is 0 Å². The Kier molecular flexibility index (Phi) is 5.14. The summed E-state index contributed by atoms with van der Waals surface area (Å²) >= 11 is 1.44. The summed E-state index contributed by atoms with van der Waals surface area (Å²) in [6.07, 6.45) is 0. The fraction of sp³-hybridized carbons (Fsp3) is 0.200. The van der Waals surface area contributed by atoms with Crippen molar-refractivity contribution in [2.45, 2.75) is 20.4 Å². The van der Waals surface area contributed by atoms with E-state index in [9.17, 15) is 4.79 Å². The Bertz CT molecular complexity index is 874. The molecule has 4 nitrogen and oxygen atoms in total. The highest BCUT2D eigenvalue weighted by Crippen LogP contribution is 2.23. The van der Waals surface area contributed by atoms with Crippen molar-refractivity contribution < 1.29 is 4.79 Å². The molecule has 1 aromatic heterocycles. The molecule has 0 bridgehead atoms. The number of nitrogens with zero attached hydrogens (tertiary/aromatic N) is 2. The summed E-state index contributed by atoms with van der Waals surface area (Å²) in [4.78, 5) is 18.7. The number of amides is 1. The maximum atomic E-state index is 12.6. The number of nitrogens with one attached hydrogen (secondary N) is 1. The second-order valence-electron chi connectivity index (χ2n) is 6.11. The van der Waals surface area contributed by atoms with E-state index in [1.165, 1.54) is 22.5 Å². The monoisotopic (exact) mass is 351 g/mol. The lowest BCUT2D eigenvalue weighted by Gasteiger charge is -2.15. The molecule has 3 rings (SSSR count). The van der Waals surface area contributed by atoms with Crippen LogP contribution in [0.25, 0.3) is 0 Å². The number of carbonyl (C=O) groups excluding carboxylic acids is 1. The standard InChI is InChI=1S/C20H21N3OS/c1-14-9-10-17(11-15(14)2)21-20-22-18(13-25-20)19(24)23(3)12-16-7-5-4-6-8-16/h4-11,13H,12H2,1-3H3,(H,21,22). The lowest BCUT2D eigenvalue weighted by molar-refractivity contribution is 0.0780. The molecule has 5 heteroatoms. The van der Waals surface area contributed by atoms with E-state index in [-0.39, 0.29) is 5.91 Å². The first-order valence-corrected chi connectivity index (χ1v) is 9.00. The van der Waals surface area contributed by atoms with Crippen LogP contribution in [0.15, 0.2) is 53.9 Å². The number of aryl methyl sites for hydroxylation is 2. The molecule has 0 aliphatic carbocycles. The largest absolute Gasteiger partial charge is 0.336 e. The van der Waals surface area contributed by atoms with Gasteiger partial charge in [-0.25, -0.2) is 4.98 Å². The van der Waals surface area contributed by atoms with E-state index in [0.29, 0.717) is 12.2 Å². The second kappa shape index (κ2) is 7.49. The van der Waals surface area contributed by atoms with Crippen molar-refractivity contribution in [3.63, 3.8) is 0 Å². The first-order valence-electron chi connectivity index (χ1n) is 8.12. The minimum atomic E-state index is -0.0757. The molecule has 0 fully saturated rings. The zero-order valence-electron chi connectivity index (χ0n) is 14.6. The number of hydrogen-bond donors (Lipinski definition) is 1. The van der Waals surface area contributed by atoms with Crippen molar-refractivity contribution in [1.82, 2.24) is 9.88 Å². The molecule has 0 saturated carbocycles. The fourth-order valence-electron chi connectivity index (χ4n) is 2.50. The number of carbonyl (C=O) groups is 1. The molecule has 0 saturated heterocycles. The molecule has 2 aromatic carbocycles. The number of aromatic nitrogens is 1. The molecule has 25 heavy (non-hydrogen) atoms. The molecule has 0 radical (unpaired) electrons. The summed E-state index contributed by atoms with van der Waals surface area (Å²) in [6.45, 7) is 4.73. The maximum Gasteiger partial charge on any atom is 0.273 e. The summed E-state index contributed by atoms with van der Waals surface area (Å²) in [5.74, 6) is -0.0757. The third kappa shape index (κ3) is 4.25. The lowest BCUT2D eigenvalue weighted by atomic mass is 10.1. The highest BCUT2D eigenvalue weighted by molar-refractivity contribution is 7.14. The highest BCUT2D eigenvalue weighted by atomic mass is 32.1. The van der Waals surface area contributed by atoms with Gasteiger partial charge in [0.2, 0.25) is 0 Å². The van der Waals surface area contributed by atoms with E-state index in [1.807, 2.05) is 36.4 Å². The van der Waals surface area contributed by atoms with Gasteiger partial charge >= 0.3 is 0 Å². The molecular weight excluding hydrogens is 330 g/mol. The van der Waals surface area contributed by atoms with Crippen LogP contribution in [0.3, 0.4) is 0 Å². The van der Waals surface area contributed by atoms with Gasteiger partial charge in [-0.3, -0.25) is 4.79 Å². The van der Waals surface area contributed by atoms with Crippen molar-refractivity contribution >= 4 is 28.1 Å². The Balaban J connectivity index is 1.67. The van der Waals surface area contributed by atoms with Gasteiger partial charge in [0.25, 0.3) is 5.91 Å². The van der Waals surface area contributed by atoms with Crippen LogP contribution in [0.4, 0.5) is 10.8 Å². The van der Waals surface area contributed by atoms with Gasteiger partial charge in [-0.1, -0.05) is 36.4 Å². The molecule has 3 aromatic rings. The third-order valence-electron chi connectivity index (χ3n) is 4.09. The zero-order chi connectivity index (χ0) is 17.8. The van der Waals surface area contributed by atoms with E-state index in [0.717, 1.165) is 16.4 Å². The smallest absolute Gasteiger partial charge is 0.273 e. The summed E-state index contributed by atoms with van der Waals surface area (Å²) < 4.78 is 0. The van der Waals surface area contributed by atoms with E-state index in [1.54, 1.807) is 17.3 Å². The molecule has 1 amide bonds. The maximum absolute atomic E-state index is 12.6. The number of thiazole rings is 1. The van der Waals surface area contributed by atoms with Gasteiger partial charge in [0, 0.05) is 24.7 Å². The van der Waals surface area contributed by atoms with Crippen LogP contribution in [0.2, 0.25) is 0 Å². The minimum Gasteiger partial charge on any atom is -0.336 e. The van der Waals surface area contributed by atoms with Crippen LogP contribution >= 0.6 is 11.3 Å². The Morgan fingerprint density at radius 1 is 1.12 bits per heavy atom. The lowest BCUT2D eigenvalue weighted by Crippen LogP contribution is -2.26. The number of rotatable bonds is 5. The summed E-state index contributed by atoms with van der Waals surface area (Å²) in [7, 11) is 1.80. The van der Waals surface area contributed by atoms with Crippen LogP contribution in [0.5, 0.6) is 0 Å². The van der Waals surface area contributed by atoms with Crippen LogP contribution in [-0.4, -0.2) is 22.8 Å². The van der Waals surface area contributed by atoms with Gasteiger partial charge in [0.15, 0.2) is 5.13 Å². The van der Waals surface area contributed by atoms with Gasteiger partial charge < -0.3 is 10.2 Å². The summed E-state index contributed by atoms with van der Waals surface area (Å²) in [6, 6.07) is 16.1. The van der Waals surface area contributed by atoms with Gasteiger partial charge in [-0.05, 0) is 42.7 Å². The normalized spacial score (nSPS) is 10.5. The number of benzene rings is 2. The van der Waals surface area contributed by atoms with Gasteiger partial charge in [-0.15, -0.1) is 11.3 Å². The van der Waals surface area contributed by atoms with E-state index in [4.69, 9.17) is 0 Å². The predicted molar refractivity (Wildman–Crippen MR) is 104 cm³/mol. The van der Waals surface area contributed by atoms with Crippen molar-refractivity contribution in [2.24, 2.45) is 0 Å². The van der Waals surface area contributed by atoms with E-state index >= 15 is 0 Å². The summed E-state index contributed by atoms with van der Waals surface area (Å²) in [5, 5.41) is 5.79. The number of anilines is 2. The highest BCUT2D eigenvalue weighted by Gasteiger charge is 2.16. The SMILES string of the molecule is Cc1ccc(Nc2nc(C(=O)N(C)Cc3ccccc3)cs2)cc1C. The summed E-state index contributed by atoms with van der Waals surface area (Å²) in [5.41, 5.74) is 5.02. The molecule has 0 aliphatic heterocycles. The quantitative estimate of drug-likeness (QED) is 0.720. The molecule has 1 heterocycles. The first-order chi connectivity index (χ1) is 12.0. The fourth-order valence-corrected chi connectivity index (χ4v) is 3.20. The van der Waals surface area contributed by atoms with Crippen LogP contribution < -0.4 is 5.32 Å². The van der Waals surface area contributed by atoms with Gasteiger partial charge in [0.05, 0.1) is 0 Å². The van der Waals surface area contributed by atoms with Crippen LogP contribution in [0.1, 0.15) is 27.2 Å². The molecule has 0 spiro atoms.